The molecule has 16 heavy (non-hydrogen) atoms. The Kier molecular flexibility index (Phi) is 4.55. The van der Waals surface area contributed by atoms with Crippen molar-refractivity contribution in [1.29, 1.82) is 0 Å². The van der Waals surface area contributed by atoms with Crippen molar-refractivity contribution < 1.29 is 4.21 Å². The van der Waals surface area contributed by atoms with E-state index >= 15 is 0 Å². The third kappa shape index (κ3) is 3.15. The molecule has 2 nitrogen and oxygen atoms in total. The standard InChI is InChI=1S/C12H19NOS2/c13-11(10-5-2-1-3-6-10)9-16(14)12-7-4-8-15-12/h4,7-8,10-11H,1-3,5-6,9,13H2. The minimum atomic E-state index is -0.891. The lowest BCUT2D eigenvalue weighted by atomic mass is 9.85. The Morgan fingerprint density at radius 3 is 2.81 bits per heavy atom. The summed E-state index contributed by atoms with van der Waals surface area (Å²) in [6.07, 6.45) is 6.39. The zero-order valence-corrected chi connectivity index (χ0v) is 11.1. The highest BCUT2D eigenvalue weighted by atomic mass is 32.2. The van der Waals surface area contributed by atoms with Crippen LogP contribution >= 0.6 is 11.3 Å². The third-order valence-corrected chi connectivity index (χ3v) is 6.10. The predicted molar refractivity (Wildman–Crippen MR) is 70.1 cm³/mol. The first-order valence-electron chi connectivity index (χ1n) is 5.95. The molecule has 2 atom stereocenters. The van der Waals surface area contributed by atoms with Crippen LogP contribution in [0.1, 0.15) is 32.1 Å². The van der Waals surface area contributed by atoms with Gasteiger partial charge in [0.25, 0.3) is 0 Å². The van der Waals surface area contributed by atoms with Crippen LogP contribution in [0.3, 0.4) is 0 Å². The summed E-state index contributed by atoms with van der Waals surface area (Å²) >= 11 is 1.56. The second-order valence-electron chi connectivity index (χ2n) is 4.51. The highest BCUT2D eigenvalue weighted by Crippen LogP contribution is 2.26. The highest BCUT2D eigenvalue weighted by Gasteiger charge is 2.22. The van der Waals surface area contributed by atoms with E-state index in [9.17, 15) is 4.21 Å². The lowest BCUT2D eigenvalue weighted by Gasteiger charge is -2.26. The molecule has 2 N–H and O–H groups in total. The first-order chi connectivity index (χ1) is 7.77. The quantitative estimate of drug-likeness (QED) is 0.901. The minimum absolute atomic E-state index is 0.114. The van der Waals surface area contributed by atoms with E-state index in [-0.39, 0.29) is 6.04 Å². The topological polar surface area (TPSA) is 43.1 Å². The van der Waals surface area contributed by atoms with Gasteiger partial charge in [0.15, 0.2) is 0 Å². The van der Waals surface area contributed by atoms with E-state index in [2.05, 4.69) is 0 Å². The van der Waals surface area contributed by atoms with Crippen LogP contribution in [0, 0.1) is 5.92 Å². The van der Waals surface area contributed by atoms with Crippen LogP contribution < -0.4 is 5.73 Å². The van der Waals surface area contributed by atoms with Gasteiger partial charge in [0.1, 0.15) is 0 Å². The highest BCUT2D eigenvalue weighted by molar-refractivity contribution is 7.87. The summed E-state index contributed by atoms with van der Waals surface area (Å²) < 4.78 is 13.0. The number of hydrogen-bond acceptors (Lipinski definition) is 3. The maximum Gasteiger partial charge on any atom is 0.0911 e. The molecule has 4 heteroatoms. The average Bonchev–Trinajstić information content (AvgIpc) is 2.83. The van der Waals surface area contributed by atoms with Crippen LogP contribution in [-0.4, -0.2) is 16.0 Å². The summed E-state index contributed by atoms with van der Waals surface area (Å²) in [5, 5.41) is 1.97. The average molecular weight is 257 g/mol. The molecule has 0 aliphatic heterocycles. The monoisotopic (exact) mass is 257 g/mol. The first-order valence-corrected chi connectivity index (χ1v) is 8.14. The van der Waals surface area contributed by atoms with Gasteiger partial charge in [-0.1, -0.05) is 25.3 Å². The summed E-state index contributed by atoms with van der Waals surface area (Å²) in [5.41, 5.74) is 6.17. The Morgan fingerprint density at radius 2 is 2.19 bits per heavy atom. The van der Waals surface area contributed by atoms with Crippen molar-refractivity contribution in [2.24, 2.45) is 11.7 Å². The van der Waals surface area contributed by atoms with Gasteiger partial charge >= 0.3 is 0 Å². The van der Waals surface area contributed by atoms with Crippen LogP contribution in [-0.2, 0) is 10.8 Å². The number of thiophene rings is 1. The zero-order chi connectivity index (χ0) is 11.4. The van der Waals surface area contributed by atoms with Crippen LogP contribution in [0.2, 0.25) is 0 Å². The van der Waals surface area contributed by atoms with Crippen molar-refractivity contribution in [1.82, 2.24) is 0 Å². The van der Waals surface area contributed by atoms with Crippen molar-refractivity contribution in [2.75, 3.05) is 5.75 Å². The third-order valence-electron chi connectivity index (χ3n) is 3.32. The summed E-state index contributed by atoms with van der Waals surface area (Å²) in [6.45, 7) is 0. The smallest absolute Gasteiger partial charge is 0.0911 e. The molecule has 0 aromatic carbocycles. The molecule has 90 valence electrons. The fourth-order valence-corrected chi connectivity index (χ4v) is 4.61. The van der Waals surface area contributed by atoms with Gasteiger partial charge in [-0.25, -0.2) is 0 Å². The Labute approximate surface area is 104 Å². The van der Waals surface area contributed by atoms with Gasteiger partial charge < -0.3 is 5.73 Å². The zero-order valence-electron chi connectivity index (χ0n) is 9.43. The van der Waals surface area contributed by atoms with E-state index in [0.717, 1.165) is 4.21 Å². The molecule has 0 saturated heterocycles. The van der Waals surface area contributed by atoms with Gasteiger partial charge in [0, 0.05) is 11.8 Å². The van der Waals surface area contributed by atoms with Crippen molar-refractivity contribution in [3.05, 3.63) is 17.5 Å². The molecule has 1 fully saturated rings. The minimum Gasteiger partial charge on any atom is -0.327 e. The van der Waals surface area contributed by atoms with Crippen molar-refractivity contribution >= 4 is 22.1 Å². The molecule has 2 unspecified atom stereocenters. The maximum absolute atomic E-state index is 12.0. The van der Waals surface area contributed by atoms with E-state index in [1.54, 1.807) is 11.3 Å². The first kappa shape index (κ1) is 12.3. The van der Waals surface area contributed by atoms with Crippen molar-refractivity contribution in [2.45, 2.75) is 42.4 Å². The molecule has 1 aliphatic rings. The van der Waals surface area contributed by atoms with Crippen LogP contribution in [0.4, 0.5) is 0 Å². The predicted octanol–water partition coefficient (Wildman–Crippen LogP) is 2.76. The molecule has 0 radical (unpaired) electrons. The lowest BCUT2D eigenvalue weighted by molar-refractivity contribution is 0.318. The van der Waals surface area contributed by atoms with Gasteiger partial charge in [0.05, 0.1) is 15.0 Å². The van der Waals surface area contributed by atoms with E-state index in [0.29, 0.717) is 11.7 Å². The van der Waals surface area contributed by atoms with E-state index < -0.39 is 10.8 Å². The van der Waals surface area contributed by atoms with Gasteiger partial charge in [-0.2, -0.15) is 0 Å². The van der Waals surface area contributed by atoms with Crippen molar-refractivity contribution in [3.63, 3.8) is 0 Å². The molecule has 1 aromatic heterocycles. The van der Waals surface area contributed by atoms with E-state index in [1.807, 2.05) is 17.5 Å². The second-order valence-corrected chi connectivity index (χ2v) is 7.18. The van der Waals surface area contributed by atoms with Gasteiger partial charge in [-0.15, -0.1) is 11.3 Å². The summed E-state index contributed by atoms with van der Waals surface area (Å²) in [5.74, 6) is 1.23. The van der Waals surface area contributed by atoms with E-state index in [4.69, 9.17) is 5.73 Å². The van der Waals surface area contributed by atoms with Crippen LogP contribution in [0.25, 0.3) is 0 Å². The fourth-order valence-electron chi connectivity index (χ4n) is 2.35. The molecule has 1 aromatic rings. The molecular formula is C12H19NOS2. The molecule has 0 spiro atoms. The largest absolute Gasteiger partial charge is 0.327 e. The summed E-state index contributed by atoms with van der Waals surface area (Å²) in [4.78, 5) is 0. The van der Waals surface area contributed by atoms with Crippen molar-refractivity contribution in [3.8, 4) is 0 Å². The summed E-state index contributed by atoms with van der Waals surface area (Å²) in [7, 11) is -0.891. The second kappa shape index (κ2) is 5.94. The Morgan fingerprint density at radius 1 is 1.44 bits per heavy atom. The van der Waals surface area contributed by atoms with Gasteiger partial charge in [-0.3, -0.25) is 4.21 Å². The maximum atomic E-state index is 12.0. The molecule has 0 amide bonds. The molecule has 1 saturated carbocycles. The molecule has 1 heterocycles. The van der Waals surface area contributed by atoms with Gasteiger partial charge in [-0.05, 0) is 30.2 Å². The Hall–Kier alpha value is -0.190. The number of rotatable bonds is 4. The van der Waals surface area contributed by atoms with Gasteiger partial charge in [0.2, 0.25) is 0 Å². The molecule has 0 bridgehead atoms. The Bertz CT molecular complexity index is 331. The Balaban J connectivity index is 1.86. The van der Waals surface area contributed by atoms with E-state index in [1.165, 1.54) is 32.1 Å². The SMILES string of the molecule is NC(CS(=O)c1cccs1)C1CCCCC1. The van der Waals surface area contributed by atoms with Crippen LogP contribution in [0.15, 0.2) is 21.7 Å². The lowest BCUT2D eigenvalue weighted by Crippen LogP contribution is -2.36. The number of nitrogens with two attached hydrogens (primary N) is 1. The molecule has 2 rings (SSSR count). The van der Waals surface area contributed by atoms with Crippen LogP contribution in [0.5, 0.6) is 0 Å². The normalized spacial score (nSPS) is 21.8. The fraction of sp³-hybridized carbons (Fsp3) is 0.667. The molecule has 1 aliphatic carbocycles. The molecular weight excluding hydrogens is 238 g/mol. The summed E-state index contributed by atoms with van der Waals surface area (Å²) in [6, 6.07) is 4.00. The number of hydrogen-bond donors (Lipinski definition) is 1.